The van der Waals surface area contributed by atoms with Gasteiger partial charge in [0.25, 0.3) is 0 Å². The molecule has 2 aliphatic heterocycles. The number of hydrogen-bond donors (Lipinski definition) is 0. The van der Waals surface area contributed by atoms with Crippen molar-refractivity contribution < 1.29 is 4.79 Å². The minimum atomic E-state index is 0.117. The lowest BCUT2D eigenvalue weighted by atomic mass is 9.95. The SMILES string of the molecule is O=C(C1CCN(c2cc(-c3ccccc3)ncn2)CC1)N1CCN(CC=Cc2ccccc2)CC1. The third kappa shape index (κ3) is 5.95. The second-order valence-electron chi connectivity index (χ2n) is 9.33. The van der Waals surface area contributed by atoms with Gasteiger partial charge in [-0.05, 0) is 18.4 Å². The Kier molecular flexibility index (Phi) is 7.49. The third-order valence-corrected chi connectivity index (χ3v) is 7.05. The Bertz CT molecular complexity index is 1120. The lowest BCUT2D eigenvalue weighted by Crippen LogP contribution is -2.51. The first kappa shape index (κ1) is 23.2. The largest absolute Gasteiger partial charge is 0.356 e. The summed E-state index contributed by atoms with van der Waals surface area (Å²) < 4.78 is 0. The Hall–Kier alpha value is -3.51. The minimum absolute atomic E-state index is 0.117. The smallest absolute Gasteiger partial charge is 0.225 e. The van der Waals surface area contributed by atoms with Crippen molar-refractivity contribution in [2.75, 3.05) is 50.7 Å². The number of hydrogen-bond acceptors (Lipinski definition) is 5. The number of piperidine rings is 1. The van der Waals surface area contributed by atoms with Crippen LogP contribution in [-0.2, 0) is 4.79 Å². The quantitative estimate of drug-likeness (QED) is 0.543. The fraction of sp³-hybridized carbons (Fsp3) is 0.345. The van der Waals surface area contributed by atoms with E-state index in [1.54, 1.807) is 6.33 Å². The molecule has 2 saturated heterocycles. The highest BCUT2D eigenvalue weighted by molar-refractivity contribution is 5.79. The number of piperazine rings is 1. The molecule has 0 saturated carbocycles. The summed E-state index contributed by atoms with van der Waals surface area (Å²) in [4.78, 5) is 28.9. The van der Waals surface area contributed by atoms with Gasteiger partial charge in [0.2, 0.25) is 5.91 Å². The average molecular weight is 468 g/mol. The molecule has 2 aromatic carbocycles. The molecule has 1 aromatic heterocycles. The number of carbonyl (C=O) groups is 1. The van der Waals surface area contributed by atoms with Crippen LogP contribution in [0, 0.1) is 5.92 Å². The molecule has 0 atom stereocenters. The van der Waals surface area contributed by atoms with Crippen molar-refractivity contribution in [1.82, 2.24) is 19.8 Å². The zero-order valence-corrected chi connectivity index (χ0v) is 20.2. The summed E-state index contributed by atoms with van der Waals surface area (Å²) in [6, 6.07) is 22.6. The number of amides is 1. The van der Waals surface area contributed by atoms with Crippen LogP contribution >= 0.6 is 0 Å². The van der Waals surface area contributed by atoms with Gasteiger partial charge in [0.05, 0.1) is 5.69 Å². The number of nitrogens with zero attached hydrogens (tertiary/aromatic N) is 5. The van der Waals surface area contributed by atoms with Crippen LogP contribution in [0.4, 0.5) is 5.82 Å². The topological polar surface area (TPSA) is 52.6 Å². The molecule has 180 valence electrons. The molecule has 0 unspecified atom stereocenters. The van der Waals surface area contributed by atoms with E-state index in [1.807, 2.05) is 24.3 Å². The van der Waals surface area contributed by atoms with E-state index in [2.05, 4.69) is 79.3 Å². The Labute approximate surface area is 207 Å². The first-order valence-corrected chi connectivity index (χ1v) is 12.6. The molecule has 5 rings (SSSR count). The Balaban J connectivity index is 1.09. The van der Waals surface area contributed by atoms with E-state index in [-0.39, 0.29) is 5.92 Å². The van der Waals surface area contributed by atoms with Crippen molar-refractivity contribution in [2.24, 2.45) is 5.92 Å². The zero-order valence-electron chi connectivity index (χ0n) is 20.2. The van der Waals surface area contributed by atoms with Gasteiger partial charge in [0, 0.05) is 63.4 Å². The standard InChI is InChI=1S/C29H33N5O/c35-29(34-20-18-32(19-21-34)15-7-10-24-8-3-1-4-9-24)26-13-16-33(17-14-26)28-22-27(30-23-31-28)25-11-5-2-6-12-25/h1-12,22-23,26H,13-21H2. The second kappa shape index (κ2) is 11.3. The van der Waals surface area contributed by atoms with Crippen LogP contribution in [-0.4, -0.2) is 71.5 Å². The van der Waals surface area contributed by atoms with Crippen molar-refractivity contribution in [2.45, 2.75) is 12.8 Å². The summed E-state index contributed by atoms with van der Waals surface area (Å²) in [6.45, 7) is 6.16. The number of carbonyl (C=O) groups excluding carboxylic acids is 1. The molecule has 2 aliphatic rings. The zero-order chi connectivity index (χ0) is 23.9. The van der Waals surface area contributed by atoms with Crippen molar-refractivity contribution in [3.05, 3.63) is 84.7 Å². The van der Waals surface area contributed by atoms with E-state index in [9.17, 15) is 4.79 Å². The van der Waals surface area contributed by atoms with Crippen LogP contribution in [0.25, 0.3) is 17.3 Å². The lowest BCUT2D eigenvalue weighted by Gasteiger charge is -2.38. The van der Waals surface area contributed by atoms with Gasteiger partial charge in [-0.15, -0.1) is 0 Å². The molecule has 0 bridgehead atoms. The minimum Gasteiger partial charge on any atom is -0.356 e. The molecule has 3 heterocycles. The first-order valence-electron chi connectivity index (χ1n) is 12.6. The Morgan fingerprint density at radius 2 is 1.54 bits per heavy atom. The van der Waals surface area contributed by atoms with Crippen LogP contribution < -0.4 is 4.90 Å². The average Bonchev–Trinajstić information content (AvgIpc) is 2.94. The van der Waals surface area contributed by atoms with Gasteiger partial charge in [-0.25, -0.2) is 9.97 Å². The maximum Gasteiger partial charge on any atom is 0.225 e. The molecule has 0 spiro atoms. The van der Waals surface area contributed by atoms with E-state index in [0.717, 1.165) is 75.7 Å². The van der Waals surface area contributed by atoms with Crippen LogP contribution in [0.15, 0.2) is 79.1 Å². The van der Waals surface area contributed by atoms with Crippen LogP contribution in [0.5, 0.6) is 0 Å². The first-order chi connectivity index (χ1) is 17.3. The van der Waals surface area contributed by atoms with E-state index in [0.29, 0.717) is 5.91 Å². The fourth-order valence-corrected chi connectivity index (χ4v) is 4.95. The molecule has 3 aromatic rings. The van der Waals surface area contributed by atoms with Gasteiger partial charge in [0.15, 0.2) is 0 Å². The predicted molar refractivity (Wildman–Crippen MR) is 141 cm³/mol. The monoisotopic (exact) mass is 467 g/mol. The summed E-state index contributed by atoms with van der Waals surface area (Å²) in [7, 11) is 0. The third-order valence-electron chi connectivity index (χ3n) is 7.05. The molecule has 0 radical (unpaired) electrons. The number of benzene rings is 2. The second-order valence-corrected chi connectivity index (χ2v) is 9.33. The molecular weight excluding hydrogens is 434 g/mol. The molecule has 0 N–H and O–H groups in total. The lowest BCUT2D eigenvalue weighted by molar-refractivity contribution is -0.137. The van der Waals surface area contributed by atoms with E-state index in [4.69, 9.17) is 0 Å². The van der Waals surface area contributed by atoms with E-state index >= 15 is 0 Å². The Morgan fingerprint density at radius 1 is 0.857 bits per heavy atom. The summed E-state index contributed by atoms with van der Waals surface area (Å²) in [5, 5.41) is 0. The van der Waals surface area contributed by atoms with Gasteiger partial charge in [-0.3, -0.25) is 9.69 Å². The van der Waals surface area contributed by atoms with Crippen LogP contribution in [0.1, 0.15) is 18.4 Å². The summed E-state index contributed by atoms with van der Waals surface area (Å²) >= 11 is 0. The number of aromatic nitrogens is 2. The summed E-state index contributed by atoms with van der Waals surface area (Å²) in [5.74, 6) is 1.39. The summed E-state index contributed by atoms with van der Waals surface area (Å²) in [5.41, 5.74) is 3.26. The molecule has 35 heavy (non-hydrogen) atoms. The molecular formula is C29H33N5O. The van der Waals surface area contributed by atoms with Crippen molar-refractivity contribution in [1.29, 1.82) is 0 Å². The maximum atomic E-state index is 13.2. The fourth-order valence-electron chi connectivity index (χ4n) is 4.95. The highest BCUT2D eigenvalue weighted by atomic mass is 16.2. The molecule has 6 nitrogen and oxygen atoms in total. The highest BCUT2D eigenvalue weighted by Crippen LogP contribution is 2.26. The van der Waals surface area contributed by atoms with Crippen LogP contribution in [0.2, 0.25) is 0 Å². The van der Waals surface area contributed by atoms with Gasteiger partial charge in [0.1, 0.15) is 12.1 Å². The van der Waals surface area contributed by atoms with Gasteiger partial charge in [-0.2, -0.15) is 0 Å². The molecule has 0 aliphatic carbocycles. The van der Waals surface area contributed by atoms with Crippen molar-refractivity contribution in [3.63, 3.8) is 0 Å². The normalized spacial score (nSPS) is 17.7. The number of anilines is 1. The Morgan fingerprint density at radius 3 is 2.26 bits per heavy atom. The maximum absolute atomic E-state index is 13.2. The van der Waals surface area contributed by atoms with E-state index in [1.165, 1.54) is 5.56 Å². The summed E-state index contributed by atoms with van der Waals surface area (Å²) in [6.07, 6.45) is 7.79. The highest BCUT2D eigenvalue weighted by Gasteiger charge is 2.30. The van der Waals surface area contributed by atoms with Crippen LogP contribution in [0.3, 0.4) is 0 Å². The molecule has 1 amide bonds. The van der Waals surface area contributed by atoms with Crippen molar-refractivity contribution >= 4 is 17.8 Å². The van der Waals surface area contributed by atoms with Gasteiger partial charge >= 0.3 is 0 Å². The molecule has 2 fully saturated rings. The number of rotatable bonds is 6. The molecule has 6 heteroatoms. The van der Waals surface area contributed by atoms with Gasteiger partial charge < -0.3 is 9.80 Å². The van der Waals surface area contributed by atoms with Gasteiger partial charge in [-0.1, -0.05) is 72.8 Å². The predicted octanol–water partition coefficient (Wildman–Crippen LogP) is 4.22. The van der Waals surface area contributed by atoms with Crippen molar-refractivity contribution in [3.8, 4) is 11.3 Å². The van der Waals surface area contributed by atoms with E-state index < -0.39 is 0 Å².